The Bertz CT molecular complexity index is 932. The number of esters is 1. The Labute approximate surface area is 148 Å². The fourth-order valence-electron chi connectivity index (χ4n) is 2.03. The topological polar surface area (TPSA) is 129 Å². The summed E-state index contributed by atoms with van der Waals surface area (Å²) in [6.07, 6.45) is 8.08. The molecular weight excluding hydrogens is 340 g/mol. The van der Waals surface area contributed by atoms with Crippen LogP contribution < -0.4 is 10.6 Å². The lowest BCUT2D eigenvalue weighted by Gasteiger charge is -2.04. The molecule has 0 atom stereocenters. The number of hydrogen-bond acceptors (Lipinski definition) is 8. The maximum absolute atomic E-state index is 11.7. The number of aryl methyl sites for hydroxylation is 1. The predicted molar refractivity (Wildman–Crippen MR) is 90.9 cm³/mol. The first kappa shape index (κ1) is 17.1. The normalized spacial score (nSPS) is 10.4. The molecule has 26 heavy (non-hydrogen) atoms. The lowest BCUT2D eigenvalue weighted by atomic mass is 10.5. The highest BCUT2D eigenvalue weighted by atomic mass is 16.5. The summed E-state index contributed by atoms with van der Waals surface area (Å²) in [5, 5.41) is 13.8. The van der Waals surface area contributed by atoms with Gasteiger partial charge in [0, 0.05) is 32.4 Å². The molecule has 0 spiro atoms. The quantitative estimate of drug-likeness (QED) is 0.616. The molecule has 3 rings (SSSR count). The average Bonchev–Trinajstić information content (AvgIpc) is 3.22. The van der Waals surface area contributed by atoms with Crippen LogP contribution in [0.5, 0.6) is 0 Å². The number of amides is 1. The maximum Gasteiger partial charge on any atom is 0.303 e. The Hall–Kier alpha value is -3.76. The van der Waals surface area contributed by atoms with Gasteiger partial charge in [-0.1, -0.05) is 0 Å². The molecule has 0 bridgehead atoms. The van der Waals surface area contributed by atoms with Gasteiger partial charge in [0.15, 0.2) is 12.4 Å². The van der Waals surface area contributed by atoms with Crippen LogP contribution in [0.1, 0.15) is 6.92 Å². The second kappa shape index (κ2) is 7.42. The molecule has 1 amide bonds. The first-order valence-electron chi connectivity index (χ1n) is 7.56. The molecule has 0 aliphatic heterocycles. The monoisotopic (exact) mass is 356 g/mol. The zero-order chi connectivity index (χ0) is 18.5. The Morgan fingerprint density at radius 2 is 2.00 bits per heavy atom. The van der Waals surface area contributed by atoms with Crippen LogP contribution in [0.3, 0.4) is 0 Å². The summed E-state index contributed by atoms with van der Waals surface area (Å²) < 4.78 is 7.77. The molecule has 3 aromatic rings. The Kier molecular flexibility index (Phi) is 4.87. The number of carbonyl (C=O) groups is 2. The van der Waals surface area contributed by atoms with Crippen molar-refractivity contribution in [2.24, 2.45) is 7.05 Å². The summed E-state index contributed by atoms with van der Waals surface area (Å²) in [6.45, 7) is 0.880. The van der Waals surface area contributed by atoms with Gasteiger partial charge >= 0.3 is 5.97 Å². The van der Waals surface area contributed by atoms with E-state index in [1.165, 1.54) is 17.8 Å². The van der Waals surface area contributed by atoms with E-state index >= 15 is 0 Å². The van der Waals surface area contributed by atoms with E-state index in [0.717, 1.165) is 5.69 Å². The van der Waals surface area contributed by atoms with Crippen LogP contribution in [0, 0.1) is 0 Å². The molecule has 3 heterocycles. The van der Waals surface area contributed by atoms with Gasteiger partial charge in [0.1, 0.15) is 0 Å². The highest BCUT2D eigenvalue weighted by Gasteiger charge is 2.09. The minimum atomic E-state index is -0.523. The van der Waals surface area contributed by atoms with Gasteiger partial charge in [0.2, 0.25) is 5.95 Å². The van der Waals surface area contributed by atoms with E-state index in [2.05, 4.69) is 35.5 Å². The van der Waals surface area contributed by atoms with Crippen LogP contribution in [0.2, 0.25) is 0 Å². The SMILES string of the molecule is CC(=O)OCC(=O)Nc1cnn(-c2ccnc(Nc3cnn(C)c3)n2)c1. The second-order valence-corrected chi connectivity index (χ2v) is 5.27. The molecule has 0 radical (unpaired) electrons. The Morgan fingerprint density at radius 1 is 1.19 bits per heavy atom. The van der Waals surface area contributed by atoms with E-state index in [9.17, 15) is 9.59 Å². The van der Waals surface area contributed by atoms with Crippen LogP contribution >= 0.6 is 0 Å². The van der Waals surface area contributed by atoms with Gasteiger partial charge < -0.3 is 15.4 Å². The molecule has 0 saturated carbocycles. The van der Waals surface area contributed by atoms with Crippen molar-refractivity contribution in [3.05, 3.63) is 37.1 Å². The molecular formula is C15H16N8O3. The van der Waals surface area contributed by atoms with Gasteiger partial charge in [-0.2, -0.15) is 15.2 Å². The summed E-state index contributed by atoms with van der Waals surface area (Å²) in [7, 11) is 1.81. The molecule has 0 unspecified atom stereocenters. The van der Waals surface area contributed by atoms with Gasteiger partial charge in [-0.05, 0) is 0 Å². The molecule has 0 saturated heterocycles. The van der Waals surface area contributed by atoms with Crippen molar-refractivity contribution >= 4 is 29.2 Å². The van der Waals surface area contributed by atoms with E-state index in [-0.39, 0.29) is 6.61 Å². The summed E-state index contributed by atoms with van der Waals surface area (Å²) in [6, 6.07) is 1.67. The molecule has 3 aromatic heterocycles. The van der Waals surface area contributed by atoms with Crippen molar-refractivity contribution in [1.29, 1.82) is 0 Å². The van der Waals surface area contributed by atoms with E-state index in [4.69, 9.17) is 0 Å². The zero-order valence-corrected chi connectivity index (χ0v) is 14.1. The smallest absolute Gasteiger partial charge is 0.303 e. The maximum atomic E-state index is 11.7. The highest BCUT2D eigenvalue weighted by Crippen LogP contribution is 2.14. The third-order valence-electron chi connectivity index (χ3n) is 3.11. The minimum absolute atomic E-state index is 0.354. The zero-order valence-electron chi connectivity index (χ0n) is 14.1. The molecule has 11 heteroatoms. The van der Waals surface area contributed by atoms with Gasteiger partial charge in [0.05, 0.1) is 30.0 Å². The number of nitrogens with one attached hydrogen (secondary N) is 2. The number of anilines is 3. The van der Waals surface area contributed by atoms with E-state index in [1.54, 1.807) is 35.5 Å². The summed E-state index contributed by atoms with van der Waals surface area (Å²) in [5.41, 5.74) is 1.20. The van der Waals surface area contributed by atoms with Crippen molar-refractivity contribution < 1.29 is 14.3 Å². The molecule has 0 aromatic carbocycles. The van der Waals surface area contributed by atoms with Crippen LogP contribution in [0.15, 0.2) is 37.1 Å². The van der Waals surface area contributed by atoms with Gasteiger partial charge in [-0.15, -0.1) is 0 Å². The van der Waals surface area contributed by atoms with E-state index < -0.39 is 11.9 Å². The van der Waals surface area contributed by atoms with Crippen LogP contribution in [0.25, 0.3) is 5.82 Å². The average molecular weight is 356 g/mol. The Morgan fingerprint density at radius 3 is 2.73 bits per heavy atom. The van der Waals surface area contributed by atoms with Crippen molar-refractivity contribution in [2.75, 3.05) is 17.2 Å². The fourth-order valence-corrected chi connectivity index (χ4v) is 2.03. The molecule has 0 fully saturated rings. The van der Waals surface area contributed by atoms with Crippen molar-refractivity contribution in [3.63, 3.8) is 0 Å². The number of ether oxygens (including phenoxy) is 1. The number of carbonyl (C=O) groups excluding carboxylic acids is 2. The van der Waals surface area contributed by atoms with Gasteiger partial charge in [0.25, 0.3) is 5.91 Å². The number of hydrogen-bond donors (Lipinski definition) is 2. The first-order chi connectivity index (χ1) is 12.5. The predicted octanol–water partition coefficient (Wildman–Crippen LogP) is 0.641. The van der Waals surface area contributed by atoms with Crippen LogP contribution in [-0.2, 0) is 21.4 Å². The summed E-state index contributed by atoms with van der Waals surface area (Å²) >= 11 is 0. The van der Waals surface area contributed by atoms with Crippen LogP contribution in [-0.4, -0.2) is 48.0 Å². The molecule has 2 N–H and O–H groups in total. The lowest BCUT2D eigenvalue weighted by Crippen LogP contribution is -2.19. The Balaban J connectivity index is 1.68. The first-order valence-corrected chi connectivity index (χ1v) is 7.56. The molecule has 0 aliphatic carbocycles. The van der Waals surface area contributed by atoms with Gasteiger partial charge in [-0.3, -0.25) is 14.3 Å². The van der Waals surface area contributed by atoms with Crippen molar-refractivity contribution in [1.82, 2.24) is 29.5 Å². The van der Waals surface area contributed by atoms with E-state index in [0.29, 0.717) is 17.5 Å². The largest absolute Gasteiger partial charge is 0.456 e. The van der Waals surface area contributed by atoms with E-state index in [1.807, 2.05) is 7.05 Å². The summed E-state index contributed by atoms with van der Waals surface area (Å²) in [4.78, 5) is 30.9. The van der Waals surface area contributed by atoms with Gasteiger partial charge in [-0.25, -0.2) is 9.67 Å². The van der Waals surface area contributed by atoms with Crippen molar-refractivity contribution in [3.8, 4) is 5.82 Å². The number of nitrogens with zero attached hydrogens (tertiary/aromatic N) is 6. The third-order valence-corrected chi connectivity index (χ3v) is 3.11. The highest BCUT2D eigenvalue weighted by molar-refractivity contribution is 5.92. The molecule has 11 nitrogen and oxygen atoms in total. The minimum Gasteiger partial charge on any atom is -0.456 e. The second-order valence-electron chi connectivity index (χ2n) is 5.27. The fraction of sp³-hybridized carbons (Fsp3) is 0.200. The standard InChI is InChI=1S/C15H16N8O3/c1-10(24)26-9-14(25)19-12-6-18-23(8-12)13-3-4-16-15(21-13)20-11-5-17-22(2)7-11/h3-8H,9H2,1-2H3,(H,19,25)(H,16,20,21). The number of aromatic nitrogens is 6. The summed E-state index contributed by atoms with van der Waals surface area (Å²) in [5.74, 6) is -0.0924. The lowest BCUT2D eigenvalue weighted by molar-refractivity contribution is -0.144. The van der Waals surface area contributed by atoms with Crippen molar-refractivity contribution in [2.45, 2.75) is 6.92 Å². The molecule has 134 valence electrons. The number of rotatable bonds is 6. The third kappa shape index (κ3) is 4.41. The van der Waals surface area contributed by atoms with Crippen LogP contribution in [0.4, 0.5) is 17.3 Å². The molecule has 0 aliphatic rings.